The third-order valence-corrected chi connectivity index (χ3v) is 3.51. The molecule has 2 rings (SSSR count). The molecule has 0 aliphatic heterocycles. The molecule has 4 nitrogen and oxygen atoms in total. The van der Waals surface area contributed by atoms with Crippen LogP contribution in [-0.2, 0) is 0 Å². The van der Waals surface area contributed by atoms with Crippen molar-refractivity contribution in [3.63, 3.8) is 0 Å². The highest BCUT2D eigenvalue weighted by atomic mass is 79.9. The topological polar surface area (TPSA) is 68.0 Å². The Bertz CT molecular complexity index is 604. The second-order valence-corrected chi connectivity index (χ2v) is 4.81. The second kappa shape index (κ2) is 5.37. The molecule has 0 saturated carbocycles. The number of carbonyl (C=O) groups excluding carboxylic acids is 1. The summed E-state index contributed by atoms with van der Waals surface area (Å²) < 4.78 is 0.769. The van der Waals surface area contributed by atoms with Gasteiger partial charge in [-0.15, -0.1) is 0 Å². The van der Waals surface area contributed by atoms with E-state index >= 15 is 0 Å². The van der Waals surface area contributed by atoms with Gasteiger partial charge in [0.1, 0.15) is 0 Å². The van der Waals surface area contributed by atoms with Crippen LogP contribution in [0, 0.1) is 0 Å². The average molecular weight is 327 g/mol. The molecule has 1 heterocycles. The molecular formula is C12H9BrClN3O. The fourth-order valence-electron chi connectivity index (χ4n) is 1.39. The second-order valence-electron chi connectivity index (χ2n) is 3.55. The van der Waals surface area contributed by atoms with Crippen LogP contribution < -0.4 is 11.1 Å². The molecule has 0 bridgehead atoms. The number of carbonyl (C=O) groups is 1. The van der Waals surface area contributed by atoms with Gasteiger partial charge in [-0.25, -0.2) is 0 Å². The molecule has 0 unspecified atom stereocenters. The minimum Gasteiger partial charge on any atom is -0.397 e. The fraction of sp³-hybridized carbons (Fsp3) is 0. The molecule has 92 valence electrons. The van der Waals surface area contributed by atoms with Crippen molar-refractivity contribution in [2.75, 3.05) is 11.1 Å². The lowest BCUT2D eigenvalue weighted by Crippen LogP contribution is -2.14. The predicted octanol–water partition coefficient (Wildman–Crippen LogP) is 3.33. The van der Waals surface area contributed by atoms with E-state index in [9.17, 15) is 4.79 Å². The predicted molar refractivity (Wildman–Crippen MR) is 75.8 cm³/mol. The number of halogens is 2. The molecule has 0 atom stereocenters. The number of nitrogens with two attached hydrogens (primary N) is 1. The van der Waals surface area contributed by atoms with Gasteiger partial charge in [0.2, 0.25) is 0 Å². The highest BCUT2D eigenvalue weighted by Crippen LogP contribution is 2.26. The fourth-order valence-corrected chi connectivity index (χ4v) is 1.81. The first-order valence-corrected chi connectivity index (χ1v) is 6.21. The van der Waals surface area contributed by atoms with Crippen molar-refractivity contribution in [3.8, 4) is 0 Å². The van der Waals surface area contributed by atoms with E-state index in [2.05, 4.69) is 26.2 Å². The van der Waals surface area contributed by atoms with Crippen molar-refractivity contribution in [1.82, 2.24) is 4.98 Å². The summed E-state index contributed by atoms with van der Waals surface area (Å²) in [5.74, 6) is -0.298. The molecule has 0 aliphatic carbocycles. The maximum Gasteiger partial charge on any atom is 0.257 e. The average Bonchev–Trinajstić information content (AvgIpc) is 2.34. The summed E-state index contributed by atoms with van der Waals surface area (Å²) in [6.45, 7) is 0. The van der Waals surface area contributed by atoms with Gasteiger partial charge in [0.05, 0.1) is 22.5 Å². The third kappa shape index (κ3) is 2.80. The van der Waals surface area contributed by atoms with Crippen molar-refractivity contribution >= 4 is 44.8 Å². The number of nitrogen functional groups attached to an aromatic ring is 1. The Morgan fingerprint density at radius 3 is 2.83 bits per heavy atom. The third-order valence-electron chi connectivity index (χ3n) is 2.27. The van der Waals surface area contributed by atoms with E-state index in [-0.39, 0.29) is 5.91 Å². The van der Waals surface area contributed by atoms with Gasteiger partial charge in [0.15, 0.2) is 0 Å². The van der Waals surface area contributed by atoms with E-state index < -0.39 is 0 Å². The molecule has 0 saturated heterocycles. The Morgan fingerprint density at radius 1 is 1.39 bits per heavy atom. The van der Waals surface area contributed by atoms with Crippen LogP contribution in [0.5, 0.6) is 0 Å². The summed E-state index contributed by atoms with van der Waals surface area (Å²) in [5, 5.41) is 3.24. The van der Waals surface area contributed by atoms with Gasteiger partial charge in [-0.05, 0) is 40.2 Å². The number of aromatic nitrogens is 1. The SMILES string of the molecule is Nc1cnccc1C(=O)Nc1ccc(Br)c(Cl)c1. The number of rotatable bonds is 2. The van der Waals surface area contributed by atoms with E-state index in [1.807, 2.05) is 0 Å². The first kappa shape index (κ1) is 12.9. The van der Waals surface area contributed by atoms with Gasteiger partial charge in [-0.1, -0.05) is 11.6 Å². The van der Waals surface area contributed by atoms with E-state index in [1.165, 1.54) is 12.4 Å². The van der Waals surface area contributed by atoms with Crippen LogP contribution in [0.15, 0.2) is 41.1 Å². The van der Waals surface area contributed by atoms with Gasteiger partial charge >= 0.3 is 0 Å². The summed E-state index contributed by atoms with van der Waals surface area (Å²) in [7, 11) is 0. The van der Waals surface area contributed by atoms with E-state index in [0.717, 1.165) is 4.47 Å². The van der Waals surface area contributed by atoms with Crippen LogP contribution in [0.25, 0.3) is 0 Å². The Kier molecular flexibility index (Phi) is 3.84. The number of anilines is 2. The minimum absolute atomic E-state index is 0.298. The van der Waals surface area contributed by atoms with Crippen LogP contribution in [0.1, 0.15) is 10.4 Å². The molecular weight excluding hydrogens is 318 g/mol. The van der Waals surface area contributed by atoms with Crippen molar-refractivity contribution in [2.24, 2.45) is 0 Å². The molecule has 2 aromatic rings. The first-order valence-electron chi connectivity index (χ1n) is 5.04. The monoisotopic (exact) mass is 325 g/mol. The van der Waals surface area contributed by atoms with Gasteiger partial charge in [-0.2, -0.15) is 0 Å². The number of nitrogens with one attached hydrogen (secondary N) is 1. The smallest absolute Gasteiger partial charge is 0.257 e. The van der Waals surface area contributed by atoms with Crippen LogP contribution in [0.3, 0.4) is 0 Å². The molecule has 3 N–H and O–H groups in total. The van der Waals surface area contributed by atoms with Crippen LogP contribution >= 0.6 is 27.5 Å². The summed E-state index contributed by atoms with van der Waals surface area (Å²) in [6.07, 6.45) is 2.95. The zero-order chi connectivity index (χ0) is 13.1. The number of nitrogens with zero attached hydrogens (tertiary/aromatic N) is 1. The van der Waals surface area contributed by atoms with Gasteiger partial charge in [0.25, 0.3) is 5.91 Å². The quantitative estimate of drug-likeness (QED) is 0.889. The summed E-state index contributed by atoms with van der Waals surface area (Å²) in [6, 6.07) is 6.71. The lowest BCUT2D eigenvalue weighted by Gasteiger charge is -2.07. The molecule has 0 aliphatic rings. The first-order chi connectivity index (χ1) is 8.58. The number of pyridine rings is 1. The van der Waals surface area contributed by atoms with E-state index in [1.54, 1.807) is 24.3 Å². The highest BCUT2D eigenvalue weighted by Gasteiger charge is 2.10. The minimum atomic E-state index is -0.298. The van der Waals surface area contributed by atoms with Gasteiger partial charge in [0, 0.05) is 16.4 Å². The van der Waals surface area contributed by atoms with Gasteiger partial charge in [-0.3, -0.25) is 9.78 Å². The van der Waals surface area contributed by atoms with Crippen LogP contribution in [0.2, 0.25) is 5.02 Å². The van der Waals surface area contributed by atoms with Crippen LogP contribution in [0.4, 0.5) is 11.4 Å². The molecule has 6 heteroatoms. The van der Waals surface area contributed by atoms with Crippen molar-refractivity contribution in [3.05, 3.63) is 51.7 Å². The molecule has 0 fully saturated rings. The maximum atomic E-state index is 12.0. The van der Waals surface area contributed by atoms with Gasteiger partial charge < -0.3 is 11.1 Å². The lowest BCUT2D eigenvalue weighted by molar-refractivity contribution is 0.102. The maximum absolute atomic E-state index is 12.0. The Labute approximate surface area is 117 Å². The zero-order valence-corrected chi connectivity index (χ0v) is 11.5. The molecule has 18 heavy (non-hydrogen) atoms. The largest absolute Gasteiger partial charge is 0.397 e. The Morgan fingerprint density at radius 2 is 2.17 bits per heavy atom. The number of amides is 1. The molecule has 1 aromatic carbocycles. The molecule has 0 spiro atoms. The van der Waals surface area contributed by atoms with Crippen molar-refractivity contribution in [1.29, 1.82) is 0 Å². The van der Waals surface area contributed by atoms with E-state index in [0.29, 0.717) is 22.0 Å². The van der Waals surface area contributed by atoms with Crippen molar-refractivity contribution in [2.45, 2.75) is 0 Å². The summed E-state index contributed by atoms with van der Waals surface area (Å²) in [5.41, 5.74) is 6.98. The Balaban J connectivity index is 2.22. The van der Waals surface area contributed by atoms with Crippen molar-refractivity contribution < 1.29 is 4.79 Å². The van der Waals surface area contributed by atoms with Crippen LogP contribution in [-0.4, -0.2) is 10.9 Å². The number of hydrogen-bond acceptors (Lipinski definition) is 3. The standard InChI is InChI=1S/C12H9BrClN3O/c13-9-2-1-7(5-10(9)14)17-12(18)8-3-4-16-6-11(8)15/h1-6H,15H2,(H,17,18). The van der Waals surface area contributed by atoms with E-state index in [4.69, 9.17) is 17.3 Å². The lowest BCUT2D eigenvalue weighted by atomic mass is 10.2. The number of hydrogen-bond donors (Lipinski definition) is 2. The molecule has 0 radical (unpaired) electrons. The number of benzene rings is 1. The molecule has 1 amide bonds. The summed E-state index contributed by atoms with van der Waals surface area (Å²) in [4.78, 5) is 15.8. The summed E-state index contributed by atoms with van der Waals surface area (Å²) >= 11 is 9.22. The zero-order valence-electron chi connectivity index (χ0n) is 9.15. The Hall–Kier alpha value is -1.59. The normalized spacial score (nSPS) is 10.1. The highest BCUT2D eigenvalue weighted by molar-refractivity contribution is 9.10. The molecule has 1 aromatic heterocycles.